The molecule has 98 valence electrons. The van der Waals surface area contributed by atoms with Crippen LogP contribution >= 0.6 is 11.6 Å². The van der Waals surface area contributed by atoms with E-state index in [1.165, 1.54) is 0 Å². The number of ether oxygens (including phenoxy) is 1. The van der Waals surface area contributed by atoms with Gasteiger partial charge in [0.2, 0.25) is 5.91 Å². The molecule has 1 aromatic carbocycles. The lowest BCUT2D eigenvalue weighted by Gasteiger charge is -2.12. The number of carbonyl (C=O) groups excluding carboxylic acids is 1. The molecule has 0 bridgehead atoms. The molecule has 0 spiro atoms. The lowest BCUT2D eigenvalue weighted by molar-refractivity contribution is -0.122. The fraction of sp³-hybridized carbons (Fsp3) is 0.462. The van der Waals surface area contributed by atoms with Crippen molar-refractivity contribution in [3.63, 3.8) is 0 Å². The van der Waals surface area contributed by atoms with Gasteiger partial charge in [-0.2, -0.15) is 0 Å². The van der Waals surface area contributed by atoms with E-state index in [1.54, 1.807) is 12.1 Å². The molecule has 5 heteroatoms. The van der Waals surface area contributed by atoms with Gasteiger partial charge in [0.25, 0.3) is 0 Å². The van der Waals surface area contributed by atoms with E-state index >= 15 is 0 Å². The zero-order valence-corrected chi connectivity index (χ0v) is 10.8. The summed E-state index contributed by atoms with van der Waals surface area (Å²) < 4.78 is 5.51. The smallest absolute Gasteiger partial charge is 0.250 e. The molecule has 1 aliphatic rings. The molecule has 2 unspecified atom stereocenters. The van der Waals surface area contributed by atoms with Crippen LogP contribution in [0.5, 0.6) is 0 Å². The van der Waals surface area contributed by atoms with Crippen LogP contribution in [0.3, 0.4) is 0 Å². The number of nitrogens with one attached hydrogen (secondary N) is 1. The summed E-state index contributed by atoms with van der Waals surface area (Å²) >= 11 is 5.94. The lowest BCUT2D eigenvalue weighted by Crippen LogP contribution is -2.23. The summed E-state index contributed by atoms with van der Waals surface area (Å²) in [6.07, 6.45) is 2.84. The van der Waals surface area contributed by atoms with Crippen molar-refractivity contribution in [3.05, 3.63) is 29.3 Å². The van der Waals surface area contributed by atoms with Crippen LogP contribution in [-0.2, 0) is 9.53 Å². The van der Waals surface area contributed by atoms with E-state index in [9.17, 15) is 4.79 Å². The van der Waals surface area contributed by atoms with E-state index < -0.39 is 0 Å². The van der Waals surface area contributed by atoms with Crippen LogP contribution in [0, 0.1) is 0 Å². The van der Waals surface area contributed by atoms with Crippen LogP contribution in [0.1, 0.15) is 19.3 Å². The molecule has 0 aliphatic heterocycles. The van der Waals surface area contributed by atoms with Crippen molar-refractivity contribution in [2.45, 2.75) is 31.4 Å². The minimum Gasteiger partial charge on any atom is -0.368 e. The normalized spacial score (nSPS) is 23.0. The Morgan fingerprint density at radius 2 is 2.22 bits per heavy atom. The Balaban J connectivity index is 1.77. The van der Waals surface area contributed by atoms with Gasteiger partial charge in [0.1, 0.15) is 6.61 Å². The van der Waals surface area contributed by atoms with Gasteiger partial charge in [0.05, 0.1) is 16.8 Å². The van der Waals surface area contributed by atoms with Gasteiger partial charge < -0.3 is 15.8 Å². The molecule has 2 atom stereocenters. The molecule has 1 amide bonds. The third-order valence-electron chi connectivity index (χ3n) is 3.02. The monoisotopic (exact) mass is 268 g/mol. The summed E-state index contributed by atoms with van der Waals surface area (Å²) in [5, 5.41) is 3.24. The summed E-state index contributed by atoms with van der Waals surface area (Å²) in [6, 6.07) is 7.33. The third-order valence-corrected chi connectivity index (χ3v) is 3.35. The first-order valence-electron chi connectivity index (χ1n) is 6.06. The first-order chi connectivity index (χ1) is 8.65. The van der Waals surface area contributed by atoms with E-state index in [-0.39, 0.29) is 24.7 Å². The summed E-state index contributed by atoms with van der Waals surface area (Å²) in [5.41, 5.74) is 6.38. The number of rotatable bonds is 4. The number of benzene rings is 1. The Bertz CT molecular complexity index is 425. The van der Waals surface area contributed by atoms with Crippen LogP contribution in [0.4, 0.5) is 5.69 Å². The summed E-state index contributed by atoms with van der Waals surface area (Å²) in [4.78, 5) is 11.7. The molecule has 1 saturated carbocycles. The van der Waals surface area contributed by atoms with Gasteiger partial charge in [-0.15, -0.1) is 0 Å². The maximum absolute atomic E-state index is 11.7. The van der Waals surface area contributed by atoms with Crippen LogP contribution in [0.15, 0.2) is 24.3 Å². The second-order valence-electron chi connectivity index (χ2n) is 4.53. The average molecular weight is 269 g/mol. The SMILES string of the molecule is NC1CCC(OCC(=O)Nc2ccccc2Cl)C1. The van der Waals surface area contributed by atoms with Gasteiger partial charge in [0, 0.05) is 6.04 Å². The molecule has 1 aromatic rings. The number of hydrogen-bond acceptors (Lipinski definition) is 3. The summed E-state index contributed by atoms with van der Waals surface area (Å²) in [6.45, 7) is 0.0443. The van der Waals surface area contributed by atoms with E-state index in [0.717, 1.165) is 19.3 Å². The van der Waals surface area contributed by atoms with Crippen LogP contribution in [-0.4, -0.2) is 24.7 Å². The van der Waals surface area contributed by atoms with Crippen molar-refractivity contribution < 1.29 is 9.53 Å². The molecule has 0 saturated heterocycles. The summed E-state index contributed by atoms with van der Waals surface area (Å²) in [7, 11) is 0. The average Bonchev–Trinajstić information content (AvgIpc) is 2.76. The topological polar surface area (TPSA) is 64.3 Å². The Morgan fingerprint density at radius 1 is 1.44 bits per heavy atom. The van der Waals surface area contributed by atoms with Crippen LogP contribution < -0.4 is 11.1 Å². The Hall–Kier alpha value is -1.10. The highest BCUT2D eigenvalue weighted by Gasteiger charge is 2.22. The molecule has 18 heavy (non-hydrogen) atoms. The minimum atomic E-state index is -0.191. The van der Waals surface area contributed by atoms with Gasteiger partial charge in [-0.3, -0.25) is 4.79 Å². The first-order valence-corrected chi connectivity index (χ1v) is 6.44. The van der Waals surface area contributed by atoms with Gasteiger partial charge in [0.15, 0.2) is 0 Å². The van der Waals surface area contributed by atoms with Gasteiger partial charge >= 0.3 is 0 Å². The van der Waals surface area contributed by atoms with E-state index in [4.69, 9.17) is 22.1 Å². The highest BCUT2D eigenvalue weighted by molar-refractivity contribution is 6.33. The fourth-order valence-electron chi connectivity index (χ4n) is 2.07. The minimum absolute atomic E-state index is 0.0443. The molecule has 0 heterocycles. The van der Waals surface area contributed by atoms with Crippen molar-refractivity contribution >= 4 is 23.2 Å². The number of nitrogens with two attached hydrogens (primary N) is 1. The van der Waals surface area contributed by atoms with Crippen molar-refractivity contribution in [1.29, 1.82) is 0 Å². The van der Waals surface area contributed by atoms with E-state index in [2.05, 4.69) is 5.32 Å². The van der Waals surface area contributed by atoms with Crippen molar-refractivity contribution in [2.24, 2.45) is 5.73 Å². The highest BCUT2D eigenvalue weighted by Crippen LogP contribution is 2.22. The zero-order valence-electron chi connectivity index (χ0n) is 10.1. The van der Waals surface area contributed by atoms with Crippen molar-refractivity contribution in [2.75, 3.05) is 11.9 Å². The van der Waals surface area contributed by atoms with E-state index in [0.29, 0.717) is 10.7 Å². The maximum Gasteiger partial charge on any atom is 0.250 e. The summed E-state index contributed by atoms with van der Waals surface area (Å²) in [5.74, 6) is -0.191. The van der Waals surface area contributed by atoms with Crippen LogP contribution in [0.25, 0.3) is 0 Å². The highest BCUT2D eigenvalue weighted by atomic mass is 35.5. The molecule has 1 fully saturated rings. The molecule has 1 aliphatic carbocycles. The number of para-hydroxylation sites is 1. The van der Waals surface area contributed by atoms with Gasteiger partial charge in [-0.05, 0) is 31.4 Å². The molecular formula is C13H17ClN2O2. The molecule has 2 rings (SSSR count). The predicted octanol–water partition coefficient (Wildman–Crippen LogP) is 2.17. The zero-order chi connectivity index (χ0) is 13.0. The molecule has 4 nitrogen and oxygen atoms in total. The second kappa shape index (κ2) is 6.18. The molecule has 0 aromatic heterocycles. The molecule has 3 N–H and O–H groups in total. The lowest BCUT2D eigenvalue weighted by atomic mass is 10.3. The number of carbonyl (C=O) groups is 1. The first kappa shape index (κ1) is 13.3. The standard InChI is InChI=1S/C13H17ClN2O2/c14-11-3-1-2-4-12(11)16-13(17)8-18-10-6-5-9(15)7-10/h1-4,9-10H,5-8,15H2,(H,16,17). The van der Waals surface area contributed by atoms with Crippen LogP contribution in [0.2, 0.25) is 5.02 Å². The van der Waals surface area contributed by atoms with Crippen molar-refractivity contribution in [1.82, 2.24) is 0 Å². The van der Waals surface area contributed by atoms with Gasteiger partial charge in [-0.1, -0.05) is 23.7 Å². The Labute approximate surface area is 111 Å². The maximum atomic E-state index is 11.7. The number of anilines is 1. The quantitative estimate of drug-likeness (QED) is 0.880. The largest absolute Gasteiger partial charge is 0.368 e. The Kier molecular flexibility index (Phi) is 4.58. The molecule has 0 radical (unpaired) electrons. The Morgan fingerprint density at radius 3 is 2.89 bits per heavy atom. The fourth-order valence-corrected chi connectivity index (χ4v) is 2.25. The number of amides is 1. The predicted molar refractivity (Wildman–Crippen MR) is 71.6 cm³/mol. The second-order valence-corrected chi connectivity index (χ2v) is 4.94. The molecular weight excluding hydrogens is 252 g/mol. The number of hydrogen-bond donors (Lipinski definition) is 2. The van der Waals surface area contributed by atoms with Crippen molar-refractivity contribution in [3.8, 4) is 0 Å². The van der Waals surface area contributed by atoms with E-state index in [1.807, 2.05) is 12.1 Å². The van der Waals surface area contributed by atoms with Gasteiger partial charge in [-0.25, -0.2) is 0 Å². The number of halogens is 1. The third kappa shape index (κ3) is 3.70.